The third-order valence-corrected chi connectivity index (χ3v) is 5.77. The van der Waals surface area contributed by atoms with Gasteiger partial charge in [0, 0.05) is 5.56 Å². The highest BCUT2D eigenvalue weighted by molar-refractivity contribution is 8.15. The van der Waals surface area contributed by atoms with Crippen molar-refractivity contribution in [1.29, 1.82) is 0 Å². The average molecular weight is 357 g/mol. The molecule has 0 amide bonds. The van der Waals surface area contributed by atoms with Crippen LogP contribution in [0.2, 0.25) is 0 Å². The second-order valence-electron chi connectivity index (χ2n) is 6.19. The van der Waals surface area contributed by atoms with E-state index < -0.39 is 24.4 Å². The largest absolute Gasteiger partial charge is 0.394 e. The zero-order valence-corrected chi connectivity index (χ0v) is 14.2. The summed E-state index contributed by atoms with van der Waals surface area (Å²) in [4.78, 5) is 4.55. The lowest BCUT2D eigenvalue weighted by atomic mass is 9.98. The van der Waals surface area contributed by atoms with Gasteiger partial charge >= 0.3 is 0 Å². The maximum Gasteiger partial charge on any atom is 0.134 e. The van der Waals surface area contributed by atoms with Gasteiger partial charge in [-0.2, -0.15) is 0 Å². The minimum atomic E-state index is -1.13. The lowest BCUT2D eigenvalue weighted by Crippen LogP contribution is -2.55. The third kappa shape index (κ3) is 3.12. The molecule has 25 heavy (non-hydrogen) atoms. The molecule has 0 aromatic heterocycles. The maximum absolute atomic E-state index is 10.2. The Hall–Kier alpha value is -1.70. The Bertz CT molecular complexity index is 765. The fourth-order valence-electron chi connectivity index (χ4n) is 3.16. The standard InChI is InChI=1S/C19H19NO4S/c21-10-14-16(22)17(23)15-19(24-14)25-18(20-15)13-8-6-12(7-9-13)11-4-2-1-3-5-11/h1-9,14-17,19,21-23H,10H2/t14-,15-,16-,17-,19-/m1/s1. The van der Waals surface area contributed by atoms with Crippen molar-refractivity contribution in [2.24, 2.45) is 4.99 Å². The topological polar surface area (TPSA) is 82.3 Å². The molecule has 130 valence electrons. The maximum atomic E-state index is 10.2. The Balaban J connectivity index is 1.55. The molecule has 0 radical (unpaired) electrons. The Morgan fingerprint density at radius 2 is 1.52 bits per heavy atom. The van der Waals surface area contributed by atoms with Gasteiger partial charge in [0.1, 0.15) is 34.8 Å². The number of rotatable bonds is 3. The molecule has 5 nitrogen and oxygen atoms in total. The number of benzene rings is 2. The van der Waals surface area contributed by atoms with E-state index in [1.807, 2.05) is 42.5 Å². The fraction of sp³-hybridized carbons (Fsp3) is 0.316. The van der Waals surface area contributed by atoms with Gasteiger partial charge in [0.2, 0.25) is 0 Å². The summed E-state index contributed by atoms with van der Waals surface area (Å²) in [5, 5.41) is 30.3. The molecular formula is C19H19NO4S. The zero-order chi connectivity index (χ0) is 17.4. The molecule has 2 aromatic rings. The number of aliphatic imine (C=N–C) groups is 1. The van der Waals surface area contributed by atoms with Crippen molar-refractivity contribution in [2.75, 3.05) is 6.61 Å². The van der Waals surface area contributed by atoms with Crippen molar-refractivity contribution in [2.45, 2.75) is 29.8 Å². The van der Waals surface area contributed by atoms with Crippen molar-refractivity contribution in [1.82, 2.24) is 0 Å². The van der Waals surface area contributed by atoms with Gasteiger partial charge in [-0.15, -0.1) is 0 Å². The quantitative estimate of drug-likeness (QED) is 0.778. The number of aliphatic hydroxyl groups is 3. The Morgan fingerprint density at radius 1 is 0.880 bits per heavy atom. The van der Waals surface area contributed by atoms with Crippen LogP contribution in [0.4, 0.5) is 0 Å². The summed E-state index contributed by atoms with van der Waals surface area (Å²) in [5.74, 6) is 0. The summed E-state index contributed by atoms with van der Waals surface area (Å²) >= 11 is 1.42. The summed E-state index contributed by atoms with van der Waals surface area (Å²) in [6.07, 6.45) is -2.95. The van der Waals surface area contributed by atoms with Crippen LogP contribution in [0.1, 0.15) is 5.56 Å². The van der Waals surface area contributed by atoms with E-state index in [1.54, 1.807) is 0 Å². The number of nitrogens with zero attached hydrogens (tertiary/aromatic N) is 1. The second-order valence-corrected chi connectivity index (χ2v) is 7.28. The van der Waals surface area contributed by atoms with E-state index in [1.165, 1.54) is 11.8 Å². The predicted octanol–water partition coefficient (Wildman–Crippen LogP) is 1.65. The summed E-state index contributed by atoms with van der Waals surface area (Å²) in [6.45, 7) is -0.330. The number of ether oxygens (including phenoxy) is 1. The van der Waals surface area contributed by atoms with Crippen LogP contribution >= 0.6 is 11.8 Å². The number of hydrogen-bond donors (Lipinski definition) is 3. The van der Waals surface area contributed by atoms with Gasteiger partial charge in [-0.1, -0.05) is 66.4 Å². The summed E-state index contributed by atoms with van der Waals surface area (Å²) in [7, 11) is 0. The van der Waals surface area contributed by atoms with E-state index >= 15 is 0 Å². The molecule has 0 saturated carbocycles. The van der Waals surface area contributed by atoms with E-state index in [0.29, 0.717) is 0 Å². The first-order valence-corrected chi connectivity index (χ1v) is 9.08. The lowest BCUT2D eigenvalue weighted by molar-refractivity contribution is -0.164. The second kappa shape index (κ2) is 6.90. The van der Waals surface area contributed by atoms with E-state index in [4.69, 9.17) is 4.74 Å². The van der Waals surface area contributed by atoms with E-state index in [2.05, 4.69) is 17.1 Å². The van der Waals surface area contributed by atoms with Crippen molar-refractivity contribution < 1.29 is 20.1 Å². The molecule has 1 fully saturated rings. The van der Waals surface area contributed by atoms with Crippen molar-refractivity contribution >= 4 is 16.8 Å². The molecule has 6 heteroatoms. The average Bonchev–Trinajstić information content (AvgIpc) is 3.10. The molecule has 3 N–H and O–H groups in total. The zero-order valence-electron chi connectivity index (χ0n) is 13.4. The highest BCUT2D eigenvalue weighted by Crippen LogP contribution is 2.38. The minimum absolute atomic E-state index is 0.330. The van der Waals surface area contributed by atoms with E-state index in [-0.39, 0.29) is 12.0 Å². The Kier molecular flexibility index (Phi) is 4.62. The predicted molar refractivity (Wildman–Crippen MR) is 97.6 cm³/mol. The molecule has 2 aliphatic heterocycles. The molecule has 0 unspecified atom stereocenters. The highest BCUT2D eigenvalue weighted by Gasteiger charge is 2.47. The monoisotopic (exact) mass is 357 g/mol. The molecule has 0 aliphatic carbocycles. The van der Waals surface area contributed by atoms with Crippen LogP contribution in [0, 0.1) is 0 Å². The van der Waals surface area contributed by atoms with Crippen LogP contribution < -0.4 is 0 Å². The van der Waals surface area contributed by atoms with Gasteiger partial charge in [-0.05, 0) is 11.1 Å². The summed E-state index contributed by atoms with van der Waals surface area (Å²) in [5.41, 5.74) is 2.83. The van der Waals surface area contributed by atoms with Gasteiger partial charge < -0.3 is 20.1 Å². The molecule has 1 saturated heterocycles. The van der Waals surface area contributed by atoms with Crippen LogP contribution in [-0.4, -0.2) is 56.8 Å². The van der Waals surface area contributed by atoms with Crippen LogP contribution in [0.15, 0.2) is 59.6 Å². The normalized spacial score (nSPS) is 31.5. The van der Waals surface area contributed by atoms with Crippen LogP contribution in [0.25, 0.3) is 11.1 Å². The Morgan fingerprint density at radius 3 is 2.20 bits per heavy atom. The van der Waals surface area contributed by atoms with Crippen molar-refractivity contribution in [3.8, 4) is 11.1 Å². The molecule has 0 bridgehead atoms. The highest BCUT2D eigenvalue weighted by atomic mass is 32.2. The molecule has 0 spiro atoms. The smallest absolute Gasteiger partial charge is 0.134 e. The van der Waals surface area contributed by atoms with Gasteiger partial charge in [0.25, 0.3) is 0 Å². The Labute approximate surface area is 150 Å². The third-order valence-electron chi connectivity index (χ3n) is 4.58. The van der Waals surface area contributed by atoms with E-state index in [0.717, 1.165) is 21.7 Å². The SMILES string of the molecule is OC[C@H]1O[C@@H]2SC(c3ccc(-c4ccccc4)cc3)=N[C@@H]2[C@@H](O)[C@@H]1O. The molecule has 2 heterocycles. The first-order chi connectivity index (χ1) is 12.2. The molecule has 5 atom stereocenters. The van der Waals surface area contributed by atoms with Crippen molar-refractivity contribution in [3.05, 3.63) is 60.2 Å². The van der Waals surface area contributed by atoms with Gasteiger partial charge in [-0.25, -0.2) is 0 Å². The van der Waals surface area contributed by atoms with Crippen molar-refractivity contribution in [3.63, 3.8) is 0 Å². The number of fused-ring (bicyclic) bond motifs is 1. The molecular weight excluding hydrogens is 338 g/mol. The number of hydrogen-bond acceptors (Lipinski definition) is 6. The van der Waals surface area contributed by atoms with Gasteiger partial charge in [0.15, 0.2) is 0 Å². The van der Waals surface area contributed by atoms with Crippen LogP contribution in [-0.2, 0) is 4.74 Å². The summed E-state index contributed by atoms with van der Waals surface area (Å²) in [6, 6.07) is 17.7. The summed E-state index contributed by atoms with van der Waals surface area (Å²) < 4.78 is 5.68. The number of aliphatic hydroxyl groups excluding tert-OH is 3. The fourth-order valence-corrected chi connectivity index (χ4v) is 4.39. The first kappa shape index (κ1) is 16.8. The number of thioether (sulfide) groups is 1. The molecule has 4 rings (SSSR count). The van der Waals surface area contributed by atoms with Gasteiger partial charge in [0.05, 0.1) is 6.61 Å². The van der Waals surface area contributed by atoms with E-state index in [9.17, 15) is 15.3 Å². The van der Waals surface area contributed by atoms with Gasteiger partial charge in [-0.3, -0.25) is 4.99 Å². The molecule has 2 aliphatic rings. The lowest BCUT2D eigenvalue weighted by Gasteiger charge is -2.37. The van der Waals surface area contributed by atoms with Crippen LogP contribution in [0.3, 0.4) is 0 Å². The first-order valence-electron chi connectivity index (χ1n) is 8.20. The minimum Gasteiger partial charge on any atom is -0.394 e. The van der Waals surface area contributed by atoms with Crippen LogP contribution in [0.5, 0.6) is 0 Å². The molecule has 2 aromatic carbocycles.